The molecule has 0 aliphatic heterocycles. The molecule has 0 radical (unpaired) electrons. The van der Waals surface area contributed by atoms with Gasteiger partial charge in [0.05, 0.1) is 5.41 Å². The summed E-state index contributed by atoms with van der Waals surface area (Å²) in [4.78, 5) is 37.3. The summed E-state index contributed by atoms with van der Waals surface area (Å²) in [5.74, 6) is -0.383. The molecule has 5 nitrogen and oxygen atoms in total. The third kappa shape index (κ3) is 7.21. The Morgan fingerprint density at radius 1 is 0.964 bits per heavy atom. The van der Waals surface area contributed by atoms with Crippen molar-refractivity contribution in [1.29, 1.82) is 0 Å². The van der Waals surface area contributed by atoms with Crippen molar-refractivity contribution in [3.8, 4) is 0 Å². The van der Waals surface area contributed by atoms with Gasteiger partial charge in [-0.1, -0.05) is 26.7 Å². The molecule has 1 atom stereocenters. The second-order valence-electron chi connectivity index (χ2n) is 9.75. The number of carbonyl (C=O) groups is 3. The first-order valence-corrected chi connectivity index (χ1v) is 10.9. The van der Waals surface area contributed by atoms with Crippen molar-refractivity contribution < 1.29 is 23.9 Å². The van der Waals surface area contributed by atoms with Gasteiger partial charge in [0.25, 0.3) is 0 Å². The van der Waals surface area contributed by atoms with E-state index in [4.69, 9.17) is 9.47 Å². The molecule has 0 heterocycles. The average molecular weight is 397 g/mol. The summed E-state index contributed by atoms with van der Waals surface area (Å²) >= 11 is 0. The van der Waals surface area contributed by atoms with Crippen LogP contribution in [-0.2, 0) is 23.9 Å². The predicted molar refractivity (Wildman–Crippen MR) is 110 cm³/mol. The van der Waals surface area contributed by atoms with Crippen LogP contribution < -0.4 is 0 Å². The number of hydrogen-bond acceptors (Lipinski definition) is 5. The third-order valence-electron chi connectivity index (χ3n) is 5.62. The largest absolute Gasteiger partial charge is 0.457 e. The van der Waals surface area contributed by atoms with Gasteiger partial charge in [0.15, 0.2) is 0 Å². The van der Waals surface area contributed by atoms with Crippen LogP contribution in [-0.4, -0.2) is 28.9 Å². The fourth-order valence-corrected chi connectivity index (χ4v) is 3.43. The van der Waals surface area contributed by atoms with Gasteiger partial charge in [0, 0.05) is 25.7 Å². The normalized spacial score (nSPS) is 17.0. The Morgan fingerprint density at radius 3 is 2.00 bits per heavy atom. The van der Waals surface area contributed by atoms with E-state index in [-0.39, 0.29) is 11.9 Å². The van der Waals surface area contributed by atoms with Crippen molar-refractivity contribution in [1.82, 2.24) is 0 Å². The van der Waals surface area contributed by atoms with Gasteiger partial charge in [0.2, 0.25) is 5.60 Å². The molecule has 0 amide bonds. The maximum absolute atomic E-state index is 12.9. The molecular weight excluding hydrogens is 356 g/mol. The molecule has 162 valence electrons. The zero-order valence-electron chi connectivity index (χ0n) is 19.0. The lowest BCUT2D eigenvalue weighted by atomic mass is 9.74. The van der Waals surface area contributed by atoms with E-state index in [9.17, 15) is 14.4 Å². The van der Waals surface area contributed by atoms with Crippen LogP contribution in [0.2, 0.25) is 0 Å². The van der Waals surface area contributed by atoms with Gasteiger partial charge in [-0.2, -0.15) is 0 Å². The molecule has 5 heteroatoms. The monoisotopic (exact) mass is 396 g/mol. The Labute approximate surface area is 170 Å². The minimum atomic E-state index is -1.10. The minimum absolute atomic E-state index is 0.105. The van der Waals surface area contributed by atoms with Crippen LogP contribution in [0.3, 0.4) is 0 Å². The van der Waals surface area contributed by atoms with Gasteiger partial charge in [-0.3, -0.25) is 9.59 Å². The molecule has 0 bridgehead atoms. The molecule has 1 unspecified atom stereocenters. The standard InChI is InChI=1S/C23H40O5/c1-8-10-13-18(24)14-11-12-17(9-2)22(6,7)19(25)28-23(15-16-23)20(26)27-21(3,4)5/h17H,8-16H2,1-7H3. The Kier molecular flexibility index (Phi) is 8.70. The summed E-state index contributed by atoms with van der Waals surface area (Å²) < 4.78 is 11.1. The first-order valence-electron chi connectivity index (χ1n) is 10.9. The second-order valence-corrected chi connectivity index (χ2v) is 9.75. The third-order valence-corrected chi connectivity index (χ3v) is 5.62. The summed E-state index contributed by atoms with van der Waals surface area (Å²) in [6.45, 7) is 13.3. The molecule has 0 spiro atoms. The predicted octanol–water partition coefficient (Wildman–Crippen LogP) is 5.39. The van der Waals surface area contributed by atoms with Crippen LogP contribution in [0.15, 0.2) is 0 Å². The van der Waals surface area contributed by atoms with E-state index >= 15 is 0 Å². The summed E-state index contributed by atoms with van der Waals surface area (Å²) in [5.41, 5.74) is -2.42. The fourth-order valence-electron chi connectivity index (χ4n) is 3.43. The van der Waals surface area contributed by atoms with Crippen LogP contribution in [0.5, 0.6) is 0 Å². The minimum Gasteiger partial charge on any atom is -0.457 e. The topological polar surface area (TPSA) is 69.7 Å². The van der Waals surface area contributed by atoms with Gasteiger partial charge in [-0.25, -0.2) is 4.79 Å². The van der Waals surface area contributed by atoms with Gasteiger partial charge >= 0.3 is 11.9 Å². The van der Waals surface area contributed by atoms with E-state index in [1.54, 1.807) is 0 Å². The van der Waals surface area contributed by atoms with Gasteiger partial charge in [-0.05, 0) is 59.8 Å². The molecule has 1 rings (SSSR count). The van der Waals surface area contributed by atoms with E-state index in [1.807, 2.05) is 34.6 Å². The lowest BCUT2D eigenvalue weighted by molar-refractivity contribution is -0.185. The maximum Gasteiger partial charge on any atom is 0.351 e. The molecule has 0 saturated heterocycles. The quantitative estimate of drug-likeness (QED) is 0.414. The number of carbonyl (C=O) groups excluding carboxylic acids is 3. The van der Waals surface area contributed by atoms with E-state index < -0.39 is 22.6 Å². The summed E-state index contributed by atoms with van der Waals surface area (Å²) in [7, 11) is 0. The molecule has 0 aromatic carbocycles. The van der Waals surface area contributed by atoms with E-state index in [0.717, 1.165) is 32.1 Å². The van der Waals surface area contributed by atoms with Crippen LogP contribution in [0.4, 0.5) is 0 Å². The summed E-state index contributed by atoms with van der Waals surface area (Å²) in [6.07, 6.45) is 6.65. The van der Waals surface area contributed by atoms with Crippen LogP contribution in [0.1, 0.15) is 106 Å². The molecular formula is C23H40O5. The highest BCUT2D eigenvalue weighted by Crippen LogP contribution is 2.45. The zero-order valence-corrected chi connectivity index (χ0v) is 19.0. The molecule has 1 aliphatic carbocycles. The first kappa shape index (κ1) is 24.6. The highest BCUT2D eigenvalue weighted by atomic mass is 16.6. The van der Waals surface area contributed by atoms with Crippen molar-refractivity contribution in [3.63, 3.8) is 0 Å². The molecule has 0 aromatic heterocycles. The van der Waals surface area contributed by atoms with E-state index in [1.165, 1.54) is 0 Å². The van der Waals surface area contributed by atoms with Crippen LogP contribution >= 0.6 is 0 Å². The molecule has 0 aromatic rings. The number of hydrogen-bond donors (Lipinski definition) is 0. The SMILES string of the molecule is CCCCC(=O)CCCC(CC)C(C)(C)C(=O)OC1(C(=O)OC(C)(C)C)CC1. The smallest absolute Gasteiger partial charge is 0.351 e. The van der Waals surface area contributed by atoms with Crippen LogP contribution in [0, 0.1) is 11.3 Å². The molecule has 28 heavy (non-hydrogen) atoms. The van der Waals surface area contributed by atoms with E-state index in [2.05, 4.69) is 13.8 Å². The molecule has 1 fully saturated rings. The van der Waals surface area contributed by atoms with Crippen LogP contribution in [0.25, 0.3) is 0 Å². The zero-order chi connectivity index (χ0) is 21.6. The Balaban J connectivity index is 2.63. The van der Waals surface area contributed by atoms with Crippen molar-refractivity contribution in [2.24, 2.45) is 11.3 Å². The fraction of sp³-hybridized carbons (Fsp3) is 0.870. The highest BCUT2D eigenvalue weighted by molar-refractivity contribution is 5.88. The lowest BCUT2D eigenvalue weighted by Crippen LogP contribution is -2.42. The first-order chi connectivity index (χ1) is 12.9. The van der Waals surface area contributed by atoms with Crippen molar-refractivity contribution in [3.05, 3.63) is 0 Å². The number of Topliss-reactive ketones (excluding diaryl/α,β-unsaturated/α-hetero) is 1. The number of ether oxygens (including phenoxy) is 2. The van der Waals surface area contributed by atoms with Crippen molar-refractivity contribution in [2.75, 3.05) is 0 Å². The van der Waals surface area contributed by atoms with Gasteiger partial charge < -0.3 is 9.47 Å². The summed E-state index contributed by atoms with van der Waals surface area (Å²) in [6, 6.07) is 0. The molecule has 0 N–H and O–H groups in total. The van der Waals surface area contributed by atoms with Crippen molar-refractivity contribution >= 4 is 17.7 Å². The molecule has 1 saturated carbocycles. The van der Waals surface area contributed by atoms with E-state index in [0.29, 0.717) is 31.5 Å². The summed E-state index contributed by atoms with van der Waals surface area (Å²) in [5, 5.41) is 0. The van der Waals surface area contributed by atoms with Crippen molar-refractivity contribution in [2.45, 2.75) is 117 Å². The Hall–Kier alpha value is -1.39. The van der Waals surface area contributed by atoms with Gasteiger partial charge in [0.1, 0.15) is 11.4 Å². The van der Waals surface area contributed by atoms with Gasteiger partial charge in [-0.15, -0.1) is 0 Å². The maximum atomic E-state index is 12.9. The number of ketones is 1. The molecule has 1 aliphatic rings. The lowest BCUT2D eigenvalue weighted by Gasteiger charge is -2.33. The highest BCUT2D eigenvalue weighted by Gasteiger charge is 2.58. The number of unbranched alkanes of at least 4 members (excludes halogenated alkanes) is 1. The Morgan fingerprint density at radius 2 is 1.54 bits per heavy atom. The Bertz CT molecular complexity index is 552. The number of esters is 2. The number of rotatable bonds is 12. The second kappa shape index (κ2) is 9.89. The average Bonchev–Trinajstić information content (AvgIpc) is 3.36.